The number of fused-ring (bicyclic) bond motifs is 1. The molecule has 3 aliphatic rings. The number of anilines is 1. The fourth-order valence-corrected chi connectivity index (χ4v) is 5.36. The van der Waals surface area contributed by atoms with E-state index in [0.29, 0.717) is 11.7 Å². The van der Waals surface area contributed by atoms with Gasteiger partial charge in [0.15, 0.2) is 11.6 Å². The molecule has 0 spiro atoms. The third-order valence-corrected chi connectivity index (χ3v) is 7.96. The smallest absolute Gasteiger partial charge is 0.243 e. The summed E-state index contributed by atoms with van der Waals surface area (Å²) in [6.45, 7) is 6.04. The highest BCUT2D eigenvalue weighted by molar-refractivity contribution is 6.04. The minimum absolute atomic E-state index is 0.0161. The Hall–Kier alpha value is -4.07. The zero-order valence-electron chi connectivity index (χ0n) is 21.7. The van der Waals surface area contributed by atoms with Crippen molar-refractivity contribution in [1.82, 2.24) is 14.9 Å². The molecule has 194 valence electrons. The van der Waals surface area contributed by atoms with Gasteiger partial charge in [-0.25, -0.2) is 9.82 Å². The standard InChI is InChI=1S/C30H30FN5O2/c1-17-13-23(17)29(38)35-36-28-24(16-33-36)22(26-25(34-28)11-12-30(2,3)27(26)37)10-9-21-8-7-19(15-32-21)18-5-4-6-20(31)14-18/h4-10,14-17,22-23,34H,11-13H2,1-3H3,(H,35,38)/b10-9+. The number of pyridine rings is 1. The van der Waals surface area contributed by atoms with E-state index < -0.39 is 5.41 Å². The van der Waals surface area contributed by atoms with E-state index in [2.05, 4.69) is 27.7 Å². The minimum Gasteiger partial charge on any atom is -0.342 e. The molecular formula is C30H30FN5O2. The molecule has 1 aromatic carbocycles. The van der Waals surface area contributed by atoms with Crippen molar-refractivity contribution in [1.29, 1.82) is 0 Å². The summed E-state index contributed by atoms with van der Waals surface area (Å²) in [7, 11) is 0. The molecule has 0 bridgehead atoms. The second-order valence-corrected chi connectivity index (χ2v) is 11.2. The van der Waals surface area contributed by atoms with E-state index in [1.54, 1.807) is 18.5 Å². The number of ketones is 1. The van der Waals surface area contributed by atoms with E-state index in [1.165, 1.54) is 16.9 Å². The third-order valence-electron chi connectivity index (χ3n) is 7.96. The van der Waals surface area contributed by atoms with Crippen LogP contribution in [0.1, 0.15) is 57.2 Å². The average molecular weight is 512 g/mol. The first-order valence-corrected chi connectivity index (χ1v) is 13.0. The molecule has 8 heteroatoms. The molecule has 6 rings (SSSR count). The lowest BCUT2D eigenvalue weighted by molar-refractivity contribution is -0.124. The van der Waals surface area contributed by atoms with Crippen LogP contribution in [0.25, 0.3) is 17.2 Å². The lowest BCUT2D eigenvalue weighted by Crippen LogP contribution is -2.37. The first-order chi connectivity index (χ1) is 18.2. The van der Waals surface area contributed by atoms with Gasteiger partial charge in [-0.1, -0.05) is 45.0 Å². The number of rotatable bonds is 5. The number of carbonyl (C=O) groups excluding carboxylic acids is 2. The average Bonchev–Trinajstić information content (AvgIpc) is 3.51. The Morgan fingerprint density at radius 3 is 2.74 bits per heavy atom. The van der Waals surface area contributed by atoms with Gasteiger partial charge >= 0.3 is 0 Å². The van der Waals surface area contributed by atoms with Crippen molar-refractivity contribution >= 4 is 23.6 Å². The maximum Gasteiger partial charge on any atom is 0.243 e. The number of allylic oxidation sites excluding steroid dienone is 3. The molecule has 3 atom stereocenters. The zero-order chi connectivity index (χ0) is 26.6. The van der Waals surface area contributed by atoms with Crippen molar-refractivity contribution < 1.29 is 14.0 Å². The molecule has 3 aromatic rings. The SMILES string of the molecule is CC1CC1C(=O)Nn1ncc2c1NC1=C(C(=O)C(C)(C)CC1)C2/C=C/c1ccc(-c2cccc(F)c2)cn1. The van der Waals surface area contributed by atoms with Crippen LogP contribution in [0.15, 0.2) is 66.1 Å². The number of Topliss-reactive ketones (excluding diaryl/α,β-unsaturated/α-hetero) is 1. The topological polar surface area (TPSA) is 88.9 Å². The summed E-state index contributed by atoms with van der Waals surface area (Å²) in [5.74, 6) is 0.538. The summed E-state index contributed by atoms with van der Waals surface area (Å²) in [5.41, 5.74) is 7.20. The van der Waals surface area contributed by atoms with Crippen molar-refractivity contribution in [3.63, 3.8) is 0 Å². The van der Waals surface area contributed by atoms with Crippen LogP contribution in [0.2, 0.25) is 0 Å². The predicted molar refractivity (Wildman–Crippen MR) is 144 cm³/mol. The first kappa shape index (κ1) is 24.3. The second-order valence-electron chi connectivity index (χ2n) is 11.2. The number of hydrogen-bond acceptors (Lipinski definition) is 5. The molecule has 1 fully saturated rings. The van der Waals surface area contributed by atoms with E-state index in [9.17, 15) is 14.0 Å². The van der Waals surface area contributed by atoms with E-state index in [1.807, 2.05) is 44.2 Å². The van der Waals surface area contributed by atoms with Crippen molar-refractivity contribution in [2.75, 3.05) is 10.7 Å². The molecule has 1 saturated carbocycles. The van der Waals surface area contributed by atoms with Gasteiger partial charge in [-0.2, -0.15) is 9.89 Å². The molecule has 3 unspecified atom stereocenters. The Morgan fingerprint density at radius 2 is 2.03 bits per heavy atom. The van der Waals surface area contributed by atoms with Crippen molar-refractivity contribution in [3.8, 4) is 11.1 Å². The van der Waals surface area contributed by atoms with Crippen molar-refractivity contribution in [2.24, 2.45) is 17.3 Å². The van der Waals surface area contributed by atoms with E-state index >= 15 is 0 Å². The third kappa shape index (κ3) is 4.34. The van der Waals surface area contributed by atoms with Crippen LogP contribution in [-0.2, 0) is 9.59 Å². The van der Waals surface area contributed by atoms with Crippen LogP contribution in [0.3, 0.4) is 0 Å². The number of amides is 1. The largest absolute Gasteiger partial charge is 0.342 e. The number of benzene rings is 1. The molecule has 2 aliphatic carbocycles. The van der Waals surface area contributed by atoms with Gasteiger partial charge in [-0.3, -0.25) is 14.6 Å². The fourth-order valence-electron chi connectivity index (χ4n) is 5.36. The number of carbonyl (C=O) groups is 2. The van der Waals surface area contributed by atoms with Crippen LogP contribution < -0.4 is 10.7 Å². The zero-order valence-corrected chi connectivity index (χ0v) is 21.7. The summed E-state index contributed by atoms with van der Waals surface area (Å²) in [5, 5.41) is 7.87. The maximum atomic E-state index is 13.6. The van der Waals surface area contributed by atoms with Gasteiger partial charge in [0.1, 0.15) is 5.82 Å². The quantitative estimate of drug-likeness (QED) is 0.460. The number of aromatic nitrogens is 3. The molecule has 7 nitrogen and oxygen atoms in total. The molecule has 1 aliphatic heterocycles. The van der Waals surface area contributed by atoms with Crippen molar-refractivity contribution in [3.05, 3.63) is 83.2 Å². The summed E-state index contributed by atoms with van der Waals surface area (Å²) < 4.78 is 13.6. The molecule has 1 amide bonds. The summed E-state index contributed by atoms with van der Waals surface area (Å²) in [6.07, 6.45) is 9.68. The van der Waals surface area contributed by atoms with Crippen LogP contribution in [-0.4, -0.2) is 26.6 Å². The molecule has 2 aromatic heterocycles. The predicted octanol–water partition coefficient (Wildman–Crippen LogP) is 5.68. The molecule has 0 saturated heterocycles. The fraction of sp³-hybridized carbons (Fsp3) is 0.333. The highest BCUT2D eigenvalue weighted by atomic mass is 19.1. The molecule has 38 heavy (non-hydrogen) atoms. The van der Waals surface area contributed by atoms with E-state index in [0.717, 1.165) is 52.9 Å². The molecule has 3 heterocycles. The van der Waals surface area contributed by atoms with Gasteiger partial charge in [0.05, 0.1) is 11.9 Å². The summed E-state index contributed by atoms with van der Waals surface area (Å²) in [6, 6.07) is 10.2. The number of hydrogen-bond donors (Lipinski definition) is 2. The highest BCUT2D eigenvalue weighted by Gasteiger charge is 2.43. The van der Waals surface area contributed by atoms with Crippen LogP contribution in [0, 0.1) is 23.1 Å². The number of nitrogens with zero attached hydrogens (tertiary/aromatic N) is 3. The van der Waals surface area contributed by atoms with Crippen molar-refractivity contribution in [2.45, 2.75) is 46.0 Å². The van der Waals surface area contributed by atoms with Crippen LogP contribution in [0.4, 0.5) is 10.2 Å². The van der Waals surface area contributed by atoms with Gasteiger partial charge < -0.3 is 5.32 Å². The summed E-state index contributed by atoms with van der Waals surface area (Å²) in [4.78, 5) is 32.3. The molecule has 0 radical (unpaired) electrons. The monoisotopic (exact) mass is 511 g/mol. The van der Waals surface area contributed by atoms with Crippen LogP contribution in [0.5, 0.6) is 0 Å². The second kappa shape index (κ2) is 9.04. The maximum absolute atomic E-state index is 13.6. The Kier molecular flexibility index (Phi) is 5.78. The van der Waals surface area contributed by atoms with Gasteiger partial charge in [-0.05, 0) is 55.0 Å². The Bertz CT molecular complexity index is 1500. The lowest BCUT2D eigenvalue weighted by atomic mass is 9.69. The van der Waals surface area contributed by atoms with Gasteiger partial charge in [0.2, 0.25) is 5.91 Å². The van der Waals surface area contributed by atoms with Gasteiger partial charge in [-0.15, -0.1) is 0 Å². The number of halogens is 1. The summed E-state index contributed by atoms with van der Waals surface area (Å²) >= 11 is 0. The first-order valence-electron chi connectivity index (χ1n) is 13.0. The van der Waals surface area contributed by atoms with Gasteiger partial charge in [0, 0.05) is 45.8 Å². The lowest BCUT2D eigenvalue weighted by Gasteiger charge is -2.37. The molecular weight excluding hydrogens is 481 g/mol. The Labute approximate surface area is 220 Å². The minimum atomic E-state index is -0.457. The molecule has 2 N–H and O–H groups in total. The van der Waals surface area contributed by atoms with Crippen LogP contribution >= 0.6 is 0 Å². The van der Waals surface area contributed by atoms with Gasteiger partial charge in [0.25, 0.3) is 0 Å². The number of nitrogens with one attached hydrogen (secondary N) is 2. The van der Waals surface area contributed by atoms with E-state index in [4.69, 9.17) is 0 Å². The Balaban J connectivity index is 1.32. The Morgan fingerprint density at radius 1 is 1.21 bits per heavy atom. The highest BCUT2D eigenvalue weighted by Crippen LogP contribution is 2.47. The van der Waals surface area contributed by atoms with E-state index in [-0.39, 0.29) is 29.3 Å². The normalized spacial score (nSPS) is 23.6.